The molecule has 2 aromatic rings. The van der Waals surface area contributed by atoms with Crippen molar-refractivity contribution < 1.29 is 14.1 Å². The maximum absolute atomic E-state index is 13.9. The monoisotopic (exact) mass is 480 g/mol. The number of nitrogens with zero attached hydrogens (tertiary/aromatic N) is 2. The lowest BCUT2D eigenvalue weighted by Crippen LogP contribution is -2.52. The summed E-state index contributed by atoms with van der Waals surface area (Å²) >= 11 is 0. The maximum atomic E-state index is 13.9. The Morgan fingerprint density at radius 2 is 1.62 bits per heavy atom. The number of likely N-dealkylation sites (N-methyl/N-ethyl adjacent to an activating group) is 1. The Morgan fingerprint density at radius 1 is 1.00 bits per heavy atom. The van der Waals surface area contributed by atoms with Crippen LogP contribution in [-0.4, -0.2) is 39.1 Å². The molecule has 0 bridgehead atoms. The Labute approximate surface area is 206 Å². The molecule has 6 heteroatoms. The van der Waals surface area contributed by atoms with Gasteiger partial charge in [-0.05, 0) is 55.6 Å². The standard InChI is InChI=1S/C28H40N2O3Si/c1-26(2,3)34(7,8)33-19-18-28-22-16-12-13-17-23(22)29(6)24(28)30(25(31)27(28,4)5)32-20-21-14-10-9-11-15-21/h9-17,24H,18-20H2,1-8H3. The predicted molar refractivity (Wildman–Crippen MR) is 140 cm³/mol. The summed E-state index contributed by atoms with van der Waals surface area (Å²) in [6, 6.07) is 18.5. The fourth-order valence-corrected chi connectivity index (χ4v) is 6.51. The van der Waals surface area contributed by atoms with Crippen molar-refractivity contribution in [2.24, 2.45) is 5.41 Å². The molecule has 0 spiro atoms. The topological polar surface area (TPSA) is 42.0 Å². The van der Waals surface area contributed by atoms with E-state index in [1.807, 2.05) is 30.3 Å². The molecule has 2 aromatic carbocycles. The summed E-state index contributed by atoms with van der Waals surface area (Å²) in [5, 5.41) is 1.79. The number of carbonyl (C=O) groups excluding carboxylic acids is 1. The molecule has 2 unspecified atom stereocenters. The molecular formula is C28H40N2O3Si. The lowest BCUT2D eigenvalue weighted by atomic mass is 9.61. The van der Waals surface area contributed by atoms with E-state index in [9.17, 15) is 4.79 Å². The molecule has 4 rings (SSSR count). The van der Waals surface area contributed by atoms with Gasteiger partial charge in [0.2, 0.25) is 0 Å². The van der Waals surface area contributed by atoms with E-state index in [2.05, 4.69) is 83.9 Å². The largest absolute Gasteiger partial charge is 0.417 e. The number of rotatable bonds is 7. The smallest absolute Gasteiger partial charge is 0.254 e. The van der Waals surface area contributed by atoms with Crippen molar-refractivity contribution in [3.05, 3.63) is 65.7 Å². The first-order valence-corrected chi connectivity index (χ1v) is 15.2. The highest BCUT2D eigenvalue weighted by molar-refractivity contribution is 6.74. The Balaban J connectivity index is 1.70. The van der Waals surface area contributed by atoms with Gasteiger partial charge in [-0.2, -0.15) is 5.06 Å². The molecule has 1 amide bonds. The zero-order valence-electron chi connectivity index (χ0n) is 22.0. The fraction of sp³-hybridized carbons (Fsp3) is 0.536. The summed E-state index contributed by atoms with van der Waals surface area (Å²) in [4.78, 5) is 22.4. The highest BCUT2D eigenvalue weighted by Crippen LogP contribution is 2.62. The molecule has 34 heavy (non-hydrogen) atoms. The van der Waals surface area contributed by atoms with E-state index in [4.69, 9.17) is 9.26 Å². The van der Waals surface area contributed by atoms with Crippen molar-refractivity contribution in [2.75, 3.05) is 18.6 Å². The van der Waals surface area contributed by atoms with Crippen LogP contribution in [0.5, 0.6) is 0 Å². The third-order valence-electron chi connectivity index (χ3n) is 8.62. The van der Waals surface area contributed by atoms with Crippen molar-refractivity contribution in [3.63, 3.8) is 0 Å². The molecule has 0 saturated carbocycles. The third-order valence-corrected chi connectivity index (χ3v) is 13.2. The molecule has 0 aliphatic carbocycles. The maximum Gasteiger partial charge on any atom is 0.254 e. The van der Waals surface area contributed by atoms with Crippen LogP contribution < -0.4 is 4.90 Å². The van der Waals surface area contributed by atoms with Gasteiger partial charge >= 0.3 is 0 Å². The molecule has 1 saturated heterocycles. The minimum Gasteiger partial charge on any atom is -0.417 e. The summed E-state index contributed by atoms with van der Waals surface area (Å²) in [5.74, 6) is 0.0297. The van der Waals surface area contributed by atoms with Crippen LogP contribution in [-0.2, 0) is 26.1 Å². The van der Waals surface area contributed by atoms with Crippen molar-refractivity contribution in [3.8, 4) is 0 Å². The molecular weight excluding hydrogens is 440 g/mol. The van der Waals surface area contributed by atoms with E-state index in [-0.39, 0.29) is 17.1 Å². The number of benzene rings is 2. The molecule has 0 aromatic heterocycles. The predicted octanol–water partition coefficient (Wildman–Crippen LogP) is 6.11. The van der Waals surface area contributed by atoms with Crippen LogP contribution in [0.15, 0.2) is 54.6 Å². The second-order valence-electron chi connectivity index (χ2n) is 11.8. The summed E-state index contributed by atoms with van der Waals surface area (Å²) in [6.45, 7) is 16.5. The van der Waals surface area contributed by atoms with Crippen molar-refractivity contribution in [1.29, 1.82) is 0 Å². The van der Waals surface area contributed by atoms with Gasteiger partial charge in [0.05, 0.1) is 10.8 Å². The molecule has 2 aliphatic heterocycles. The first kappa shape index (κ1) is 25.0. The SMILES string of the molecule is CN1c2ccccc2C2(CCO[Si](C)(C)C(C)(C)C)C1N(OCc1ccccc1)C(=O)C2(C)C. The van der Waals surface area contributed by atoms with Gasteiger partial charge in [-0.15, -0.1) is 0 Å². The van der Waals surface area contributed by atoms with Crippen LogP contribution in [0.2, 0.25) is 18.1 Å². The van der Waals surface area contributed by atoms with E-state index >= 15 is 0 Å². The van der Waals surface area contributed by atoms with E-state index in [0.717, 1.165) is 17.7 Å². The molecule has 5 nitrogen and oxygen atoms in total. The first-order chi connectivity index (χ1) is 15.8. The van der Waals surface area contributed by atoms with Gasteiger partial charge in [0.1, 0.15) is 12.8 Å². The van der Waals surface area contributed by atoms with Crippen LogP contribution >= 0.6 is 0 Å². The number of amides is 1. The number of hydrogen-bond donors (Lipinski definition) is 0. The molecule has 2 aliphatic rings. The van der Waals surface area contributed by atoms with Crippen molar-refractivity contribution in [1.82, 2.24) is 5.06 Å². The Bertz CT molecular complexity index is 1050. The molecule has 2 atom stereocenters. The van der Waals surface area contributed by atoms with Gasteiger partial charge in [-0.3, -0.25) is 9.63 Å². The molecule has 1 fully saturated rings. The van der Waals surface area contributed by atoms with Gasteiger partial charge < -0.3 is 9.33 Å². The lowest BCUT2D eigenvalue weighted by Gasteiger charge is -2.42. The third kappa shape index (κ3) is 3.71. The van der Waals surface area contributed by atoms with Gasteiger partial charge in [-0.1, -0.05) is 69.3 Å². The normalized spacial score (nSPS) is 23.9. The number of para-hydroxylation sites is 1. The van der Waals surface area contributed by atoms with Crippen LogP contribution in [0.25, 0.3) is 0 Å². The lowest BCUT2D eigenvalue weighted by molar-refractivity contribution is -0.198. The zero-order valence-corrected chi connectivity index (χ0v) is 23.0. The highest BCUT2D eigenvalue weighted by Gasteiger charge is 2.70. The second kappa shape index (κ2) is 8.50. The highest BCUT2D eigenvalue weighted by atomic mass is 28.4. The van der Waals surface area contributed by atoms with Crippen molar-refractivity contribution >= 4 is 19.9 Å². The number of hydrogen-bond acceptors (Lipinski definition) is 4. The summed E-state index contributed by atoms with van der Waals surface area (Å²) in [7, 11) is 0.161. The number of fused-ring (bicyclic) bond motifs is 3. The van der Waals surface area contributed by atoms with Crippen LogP contribution in [0.1, 0.15) is 52.2 Å². The number of hydroxylamine groups is 2. The van der Waals surface area contributed by atoms with Gasteiger partial charge in [0, 0.05) is 19.3 Å². The minimum atomic E-state index is -1.92. The number of anilines is 1. The second-order valence-corrected chi connectivity index (χ2v) is 16.7. The van der Waals surface area contributed by atoms with E-state index in [0.29, 0.717) is 13.2 Å². The van der Waals surface area contributed by atoms with E-state index in [1.165, 1.54) is 5.56 Å². The van der Waals surface area contributed by atoms with Crippen LogP contribution in [0.3, 0.4) is 0 Å². The summed E-state index contributed by atoms with van der Waals surface area (Å²) in [5.41, 5.74) is 2.34. The van der Waals surface area contributed by atoms with E-state index in [1.54, 1.807) is 5.06 Å². The van der Waals surface area contributed by atoms with Gasteiger partial charge in [0.15, 0.2) is 8.32 Å². The number of carbonyl (C=O) groups is 1. The Morgan fingerprint density at radius 3 is 2.26 bits per heavy atom. The average molecular weight is 481 g/mol. The Kier molecular flexibility index (Phi) is 6.24. The van der Waals surface area contributed by atoms with Crippen LogP contribution in [0.4, 0.5) is 5.69 Å². The summed E-state index contributed by atoms with van der Waals surface area (Å²) in [6.07, 6.45) is 0.536. The molecule has 0 radical (unpaired) electrons. The zero-order chi connectivity index (χ0) is 24.9. The van der Waals surface area contributed by atoms with Crippen molar-refractivity contribution in [2.45, 2.75) is 77.4 Å². The minimum absolute atomic E-state index is 0.0297. The fourth-order valence-electron chi connectivity index (χ4n) is 5.46. The molecule has 184 valence electrons. The first-order valence-electron chi connectivity index (χ1n) is 12.3. The van der Waals surface area contributed by atoms with Crippen LogP contribution in [0, 0.1) is 5.41 Å². The quantitative estimate of drug-likeness (QED) is 0.448. The average Bonchev–Trinajstić information content (AvgIpc) is 3.12. The summed E-state index contributed by atoms with van der Waals surface area (Å²) < 4.78 is 6.65. The van der Waals surface area contributed by atoms with E-state index < -0.39 is 19.1 Å². The van der Waals surface area contributed by atoms with Gasteiger partial charge in [-0.25, -0.2) is 0 Å². The van der Waals surface area contributed by atoms with Gasteiger partial charge in [0.25, 0.3) is 5.91 Å². The Hall–Kier alpha value is -2.15. The molecule has 2 heterocycles. The molecule has 0 N–H and O–H groups in total.